The first-order valence-corrected chi connectivity index (χ1v) is 2.22. The molecule has 0 N–H and O–H groups in total. The van der Waals surface area contributed by atoms with E-state index in [1.54, 1.807) is 6.92 Å². The van der Waals surface area contributed by atoms with Crippen LogP contribution in [0.2, 0.25) is 0 Å². The maximum absolute atomic E-state index is 10.2. The van der Waals surface area contributed by atoms with Crippen LogP contribution in [0, 0.1) is 38.2 Å². The fourth-order valence-electron chi connectivity index (χ4n) is 0.249. The second-order valence-electron chi connectivity index (χ2n) is 1.33. The molecule has 0 aromatic carbocycles. The largest absolute Gasteiger partial charge is 0.291 e. The molecule has 50 valence electrons. The van der Waals surface area contributed by atoms with Gasteiger partial charge in [0.25, 0.3) is 0 Å². The molecule has 0 amide bonds. The van der Waals surface area contributed by atoms with Gasteiger partial charge in [-0.1, -0.05) is 6.92 Å². The van der Waals surface area contributed by atoms with Crippen LogP contribution >= 0.6 is 0 Å². The fraction of sp³-hybridized carbons (Fsp3) is 0.600. The molecule has 0 bridgehead atoms. The van der Waals surface area contributed by atoms with Gasteiger partial charge in [-0.25, -0.2) is 0 Å². The van der Waals surface area contributed by atoms with E-state index in [2.05, 4.69) is 0 Å². The molecule has 0 rings (SSSR count). The molecule has 0 saturated carbocycles. The van der Waals surface area contributed by atoms with Crippen molar-refractivity contribution in [2.75, 3.05) is 0 Å². The molecule has 0 saturated heterocycles. The molecule has 0 unspecified atom stereocenters. The molecule has 0 aliphatic carbocycles. The summed E-state index contributed by atoms with van der Waals surface area (Å²) in [6.45, 7) is 2.95. The van der Waals surface area contributed by atoms with Crippen molar-refractivity contribution in [1.82, 2.24) is 0 Å². The van der Waals surface area contributed by atoms with E-state index in [1.165, 1.54) is 6.92 Å². The Bertz CT molecular complexity index is 98.6. The number of Topliss-reactive ketones (excluding diaryl/α,β-unsaturated/α-hetero) is 2. The van der Waals surface area contributed by atoms with Gasteiger partial charge in [0.2, 0.25) is 0 Å². The predicted molar refractivity (Wildman–Crippen MR) is 26.0 cm³/mol. The van der Waals surface area contributed by atoms with Crippen molar-refractivity contribution >= 4 is 11.6 Å². The Morgan fingerprint density at radius 1 is 1.38 bits per heavy atom. The van der Waals surface area contributed by atoms with Crippen LogP contribution in [0.25, 0.3) is 0 Å². The Hall–Kier alpha value is 0.613. The molecule has 0 atom stereocenters. The molecular weight excluding hydrogens is 255 g/mol. The van der Waals surface area contributed by atoms with Gasteiger partial charge in [0.15, 0.2) is 11.6 Å². The number of rotatable bonds is 2. The van der Waals surface area contributed by atoms with Gasteiger partial charge in [-0.2, -0.15) is 0 Å². The Balaban J connectivity index is 0. The maximum atomic E-state index is 10.2. The number of hydrogen-bond donors (Lipinski definition) is 0. The molecule has 8 heavy (non-hydrogen) atoms. The topological polar surface area (TPSA) is 34.1 Å². The van der Waals surface area contributed by atoms with E-state index in [1.807, 2.05) is 0 Å². The Morgan fingerprint density at radius 2 is 1.75 bits per heavy atom. The molecule has 0 fully saturated rings. The zero-order chi connectivity index (χ0) is 5.86. The third kappa shape index (κ3) is 4.76. The van der Waals surface area contributed by atoms with Crippen molar-refractivity contribution < 1.29 is 47.8 Å². The molecule has 2 nitrogen and oxygen atoms in total. The van der Waals surface area contributed by atoms with Crippen LogP contribution in [-0.2, 0) is 9.59 Å². The molecule has 0 aromatic rings. The van der Waals surface area contributed by atoms with Crippen LogP contribution in [-0.4, -0.2) is 11.6 Å². The number of ketones is 2. The molecular formula is C5H8DyO2. The molecule has 3 heteroatoms. The Labute approximate surface area is 79.0 Å². The van der Waals surface area contributed by atoms with Crippen molar-refractivity contribution in [3.63, 3.8) is 0 Å². The van der Waals surface area contributed by atoms with E-state index in [9.17, 15) is 9.59 Å². The molecule has 0 radical (unpaired) electrons. The van der Waals surface area contributed by atoms with Crippen LogP contribution in [0.1, 0.15) is 20.3 Å². The van der Waals surface area contributed by atoms with Gasteiger partial charge in [-0.15, -0.1) is 0 Å². The van der Waals surface area contributed by atoms with E-state index < -0.39 is 0 Å². The molecule has 0 aliphatic heterocycles. The minimum Gasteiger partial charge on any atom is -0.291 e. The van der Waals surface area contributed by atoms with Crippen molar-refractivity contribution in [2.24, 2.45) is 0 Å². The zero-order valence-corrected chi connectivity index (χ0v) is 6.87. The summed E-state index contributed by atoms with van der Waals surface area (Å²) in [4.78, 5) is 20.2. The Kier molecular flexibility index (Phi) is 8.20. The first-order chi connectivity index (χ1) is 3.18. The standard InChI is InChI=1S/C5H8O2.Dy/c1-3-5(7)4(2)6;/h3H2,1-2H3;. The second-order valence-corrected chi connectivity index (χ2v) is 1.33. The van der Waals surface area contributed by atoms with Gasteiger partial charge >= 0.3 is 0 Å². The summed E-state index contributed by atoms with van der Waals surface area (Å²) in [7, 11) is 0. The minimum atomic E-state index is -0.345. The molecule has 0 spiro atoms. The van der Waals surface area contributed by atoms with Crippen molar-refractivity contribution in [3.8, 4) is 0 Å². The second kappa shape index (κ2) is 5.74. The van der Waals surface area contributed by atoms with Gasteiger partial charge in [-0.05, 0) is 0 Å². The smallest absolute Gasteiger partial charge is 0.197 e. The van der Waals surface area contributed by atoms with E-state index >= 15 is 0 Å². The monoisotopic (exact) mass is 264 g/mol. The fourth-order valence-corrected chi connectivity index (χ4v) is 0.249. The van der Waals surface area contributed by atoms with Gasteiger partial charge in [0.1, 0.15) is 0 Å². The van der Waals surface area contributed by atoms with Crippen LogP contribution in [0.4, 0.5) is 0 Å². The van der Waals surface area contributed by atoms with Gasteiger partial charge < -0.3 is 0 Å². The quantitative estimate of drug-likeness (QED) is 0.682. The van der Waals surface area contributed by atoms with Crippen molar-refractivity contribution in [3.05, 3.63) is 0 Å². The van der Waals surface area contributed by atoms with E-state index in [0.717, 1.165) is 0 Å². The molecule has 0 aliphatic rings. The van der Waals surface area contributed by atoms with Gasteiger partial charge in [0, 0.05) is 51.5 Å². The first-order valence-electron chi connectivity index (χ1n) is 2.22. The van der Waals surface area contributed by atoms with E-state index in [-0.39, 0.29) is 49.7 Å². The molecule has 0 heterocycles. The van der Waals surface area contributed by atoms with Crippen LogP contribution in [0.5, 0.6) is 0 Å². The predicted octanol–water partition coefficient (Wildman–Crippen LogP) is 0.554. The first kappa shape index (κ1) is 11.4. The normalized spacial score (nSPS) is 7.25. The Morgan fingerprint density at radius 3 is 1.75 bits per heavy atom. The SMILES string of the molecule is CCC(=O)C(C)=O.[Dy]. The number of hydrogen-bond acceptors (Lipinski definition) is 2. The minimum absolute atomic E-state index is 0. The van der Waals surface area contributed by atoms with E-state index in [4.69, 9.17) is 0 Å². The molecule has 0 aromatic heterocycles. The zero-order valence-electron chi connectivity index (χ0n) is 4.84. The van der Waals surface area contributed by atoms with Crippen LogP contribution in [0.3, 0.4) is 0 Å². The van der Waals surface area contributed by atoms with Gasteiger partial charge in [0.05, 0.1) is 0 Å². The summed E-state index contributed by atoms with van der Waals surface area (Å²) in [5, 5.41) is 0. The summed E-state index contributed by atoms with van der Waals surface area (Å²) in [6.07, 6.45) is 0.329. The van der Waals surface area contributed by atoms with Crippen molar-refractivity contribution in [2.45, 2.75) is 20.3 Å². The average Bonchev–Trinajstić information content (AvgIpc) is 1.65. The summed E-state index contributed by atoms with van der Waals surface area (Å²) in [5.74, 6) is -0.637. The van der Waals surface area contributed by atoms with Gasteiger partial charge in [-0.3, -0.25) is 9.59 Å². The third-order valence-corrected chi connectivity index (χ3v) is 0.714. The average molecular weight is 263 g/mol. The van der Waals surface area contributed by atoms with Crippen LogP contribution < -0.4 is 0 Å². The van der Waals surface area contributed by atoms with Crippen LogP contribution in [0.15, 0.2) is 0 Å². The summed E-state index contributed by atoms with van der Waals surface area (Å²) >= 11 is 0. The van der Waals surface area contributed by atoms with E-state index in [0.29, 0.717) is 6.42 Å². The number of carbonyl (C=O) groups excluding carboxylic acids is 2. The summed E-state index contributed by atoms with van der Waals surface area (Å²) in [5.41, 5.74) is 0. The summed E-state index contributed by atoms with van der Waals surface area (Å²) < 4.78 is 0. The number of carbonyl (C=O) groups is 2. The maximum Gasteiger partial charge on any atom is 0.197 e. The van der Waals surface area contributed by atoms with Crippen molar-refractivity contribution in [1.29, 1.82) is 0 Å². The third-order valence-electron chi connectivity index (χ3n) is 0.714. The summed E-state index contributed by atoms with van der Waals surface area (Å²) in [6, 6.07) is 0.